The lowest BCUT2D eigenvalue weighted by Gasteiger charge is -2.34. The molecule has 2 aliphatic carbocycles. The van der Waals surface area contributed by atoms with Crippen LogP contribution in [-0.2, 0) is 17.9 Å². The van der Waals surface area contributed by atoms with Crippen molar-refractivity contribution in [3.8, 4) is 0 Å². The number of fused-ring (bicyclic) bond motifs is 1. The number of nitrogens with one attached hydrogen (secondary N) is 1. The van der Waals surface area contributed by atoms with E-state index in [2.05, 4.69) is 14.9 Å². The first kappa shape index (κ1) is 19.5. The minimum atomic E-state index is -4.86. The Kier molecular flexibility index (Phi) is 4.75. The molecule has 2 heterocycles. The zero-order valence-electron chi connectivity index (χ0n) is 16.7. The number of benzene rings is 1. The van der Waals surface area contributed by atoms with E-state index < -0.39 is 12.1 Å². The summed E-state index contributed by atoms with van der Waals surface area (Å²) in [6.07, 6.45) is 3.62. The van der Waals surface area contributed by atoms with Crippen LogP contribution in [0.4, 0.5) is 18.9 Å². The summed E-state index contributed by atoms with van der Waals surface area (Å²) < 4.78 is 40.2. The number of hydrogen-bond acceptors (Lipinski definition) is 3. The number of anilines is 1. The molecule has 2 fully saturated rings. The molecule has 8 heteroatoms. The summed E-state index contributed by atoms with van der Waals surface area (Å²) in [7, 11) is 0. The summed E-state index contributed by atoms with van der Waals surface area (Å²) in [4.78, 5) is 22.8. The highest BCUT2D eigenvalue weighted by Gasteiger charge is 2.46. The predicted molar refractivity (Wildman–Crippen MR) is 106 cm³/mol. The van der Waals surface area contributed by atoms with Gasteiger partial charge in [-0.05, 0) is 48.3 Å². The van der Waals surface area contributed by atoms with E-state index in [9.17, 15) is 18.0 Å². The van der Waals surface area contributed by atoms with E-state index in [1.165, 1.54) is 0 Å². The first-order valence-corrected chi connectivity index (χ1v) is 10.6. The van der Waals surface area contributed by atoms with Crippen LogP contribution in [-0.4, -0.2) is 39.5 Å². The third-order valence-electron chi connectivity index (χ3n) is 6.46. The number of halogens is 3. The largest absolute Gasteiger partial charge is 0.471 e. The molecule has 1 aromatic heterocycles. The highest BCUT2D eigenvalue weighted by Crippen LogP contribution is 2.46. The van der Waals surface area contributed by atoms with Gasteiger partial charge in [-0.1, -0.05) is 25.0 Å². The number of carbonyl (C=O) groups excluding carboxylic acids is 1. The van der Waals surface area contributed by atoms with Crippen molar-refractivity contribution in [2.75, 3.05) is 11.4 Å². The molecule has 1 aromatic carbocycles. The van der Waals surface area contributed by atoms with Crippen LogP contribution in [0.15, 0.2) is 30.7 Å². The molecule has 0 radical (unpaired) electrons. The minimum Gasteiger partial charge on any atom is -0.361 e. The molecular weight excluding hydrogens is 393 g/mol. The summed E-state index contributed by atoms with van der Waals surface area (Å²) in [5.74, 6) is -0.824. The quantitative estimate of drug-likeness (QED) is 0.785. The van der Waals surface area contributed by atoms with Crippen molar-refractivity contribution >= 4 is 11.6 Å². The van der Waals surface area contributed by atoms with Crippen LogP contribution in [0.25, 0.3) is 0 Å². The molecule has 5 nitrogen and oxygen atoms in total. The van der Waals surface area contributed by atoms with Crippen LogP contribution in [0.1, 0.15) is 54.8 Å². The van der Waals surface area contributed by atoms with Crippen LogP contribution in [0.3, 0.4) is 0 Å². The average molecular weight is 418 g/mol. The van der Waals surface area contributed by atoms with Crippen molar-refractivity contribution in [2.45, 2.75) is 63.3 Å². The maximum atomic E-state index is 13.4. The van der Waals surface area contributed by atoms with Gasteiger partial charge in [0, 0.05) is 31.0 Å². The lowest BCUT2D eigenvalue weighted by atomic mass is 9.99. The van der Waals surface area contributed by atoms with Crippen LogP contribution >= 0.6 is 0 Å². The molecule has 0 spiro atoms. The standard InChI is InChI=1S/C22H25F3N4O/c23-22(24,25)21(30)28-11-17(8-14-4-5-14)29(10-16-9-26-13-27-16)20-3-1-2-18(15-6-7-15)19(20)12-28/h1-3,9,13-15,17H,4-8,10-12H2,(H,26,27)/t17-/m0/s1. The summed E-state index contributed by atoms with van der Waals surface area (Å²) in [6.45, 7) is 0.634. The predicted octanol–water partition coefficient (Wildman–Crippen LogP) is 4.37. The van der Waals surface area contributed by atoms with Crippen molar-refractivity contribution in [3.05, 3.63) is 47.5 Å². The Bertz CT molecular complexity index is 919. The molecule has 0 saturated heterocycles. The number of H-pyrrole nitrogens is 1. The second-order valence-electron chi connectivity index (χ2n) is 8.84. The van der Waals surface area contributed by atoms with E-state index in [0.29, 0.717) is 18.4 Å². The van der Waals surface area contributed by atoms with Gasteiger partial charge in [-0.15, -0.1) is 0 Å². The molecule has 5 rings (SSSR count). The van der Waals surface area contributed by atoms with Crippen LogP contribution in [0, 0.1) is 5.92 Å². The van der Waals surface area contributed by atoms with Gasteiger partial charge in [0.05, 0.1) is 18.6 Å². The van der Waals surface area contributed by atoms with E-state index in [0.717, 1.165) is 59.5 Å². The van der Waals surface area contributed by atoms with E-state index in [1.54, 1.807) is 12.5 Å². The van der Waals surface area contributed by atoms with E-state index in [1.807, 2.05) is 18.2 Å². The average Bonchev–Trinajstić information content (AvgIpc) is 3.63. The number of nitrogens with zero attached hydrogens (tertiary/aromatic N) is 3. The first-order chi connectivity index (χ1) is 14.4. The molecule has 0 bridgehead atoms. The summed E-state index contributed by atoms with van der Waals surface area (Å²) in [5, 5.41) is 0. The normalized spacial score (nSPS) is 22.0. The van der Waals surface area contributed by atoms with Gasteiger partial charge in [-0.25, -0.2) is 4.98 Å². The SMILES string of the molecule is O=C(N1Cc2c(C3CC3)cccc2N(Cc2cnc[nH]2)[C@@H](CC2CC2)C1)C(F)(F)F. The van der Waals surface area contributed by atoms with Gasteiger partial charge in [0.1, 0.15) is 0 Å². The molecule has 1 atom stereocenters. The summed E-state index contributed by atoms with van der Waals surface area (Å²) in [5.41, 5.74) is 3.83. The van der Waals surface area contributed by atoms with Crippen LogP contribution in [0.2, 0.25) is 0 Å². The summed E-state index contributed by atoms with van der Waals surface area (Å²) in [6, 6.07) is 5.85. The van der Waals surface area contributed by atoms with Gasteiger partial charge >= 0.3 is 12.1 Å². The van der Waals surface area contributed by atoms with Crippen LogP contribution < -0.4 is 4.90 Å². The number of rotatable bonds is 5. The van der Waals surface area contributed by atoms with Crippen LogP contribution in [0.5, 0.6) is 0 Å². The fourth-order valence-corrected chi connectivity index (χ4v) is 4.66. The van der Waals surface area contributed by atoms with Gasteiger partial charge in [-0.2, -0.15) is 13.2 Å². The van der Waals surface area contributed by atoms with Crippen molar-refractivity contribution < 1.29 is 18.0 Å². The third-order valence-corrected chi connectivity index (χ3v) is 6.46. The molecule has 3 aliphatic rings. The topological polar surface area (TPSA) is 52.2 Å². The number of aromatic amines is 1. The second kappa shape index (κ2) is 7.32. The Morgan fingerprint density at radius 2 is 2.00 bits per heavy atom. The number of amides is 1. The maximum Gasteiger partial charge on any atom is 0.471 e. The lowest BCUT2D eigenvalue weighted by molar-refractivity contribution is -0.186. The number of carbonyl (C=O) groups is 1. The Morgan fingerprint density at radius 1 is 1.20 bits per heavy atom. The van der Waals surface area contributed by atoms with E-state index >= 15 is 0 Å². The summed E-state index contributed by atoms with van der Waals surface area (Å²) >= 11 is 0. The molecule has 30 heavy (non-hydrogen) atoms. The maximum absolute atomic E-state index is 13.4. The molecule has 1 N–H and O–H groups in total. The van der Waals surface area contributed by atoms with Gasteiger partial charge < -0.3 is 14.8 Å². The number of imidazole rings is 1. The zero-order valence-corrected chi connectivity index (χ0v) is 16.7. The van der Waals surface area contributed by atoms with Gasteiger partial charge in [0.25, 0.3) is 0 Å². The van der Waals surface area contributed by atoms with Crippen molar-refractivity contribution in [1.82, 2.24) is 14.9 Å². The minimum absolute atomic E-state index is 0.0149. The van der Waals surface area contributed by atoms with Crippen molar-refractivity contribution in [3.63, 3.8) is 0 Å². The molecule has 0 unspecified atom stereocenters. The van der Waals surface area contributed by atoms with E-state index in [-0.39, 0.29) is 19.1 Å². The Labute approximate surface area is 173 Å². The molecule has 2 aromatic rings. The lowest BCUT2D eigenvalue weighted by Crippen LogP contribution is -2.47. The number of alkyl halides is 3. The zero-order chi connectivity index (χ0) is 20.9. The van der Waals surface area contributed by atoms with Gasteiger partial charge in [0.2, 0.25) is 0 Å². The van der Waals surface area contributed by atoms with Crippen molar-refractivity contribution in [1.29, 1.82) is 0 Å². The third kappa shape index (κ3) is 3.91. The van der Waals surface area contributed by atoms with Gasteiger partial charge in [-0.3, -0.25) is 4.79 Å². The monoisotopic (exact) mass is 418 g/mol. The Balaban J connectivity index is 1.58. The highest BCUT2D eigenvalue weighted by molar-refractivity contribution is 5.82. The molecule has 2 saturated carbocycles. The Morgan fingerprint density at radius 3 is 2.63 bits per heavy atom. The molecule has 160 valence electrons. The second-order valence-corrected chi connectivity index (χ2v) is 8.84. The molecular formula is C22H25F3N4O. The van der Waals surface area contributed by atoms with Crippen molar-refractivity contribution in [2.24, 2.45) is 5.92 Å². The van der Waals surface area contributed by atoms with E-state index in [4.69, 9.17) is 0 Å². The fraction of sp³-hybridized carbons (Fsp3) is 0.545. The smallest absolute Gasteiger partial charge is 0.361 e. The fourth-order valence-electron chi connectivity index (χ4n) is 4.66. The highest BCUT2D eigenvalue weighted by atomic mass is 19.4. The number of hydrogen-bond donors (Lipinski definition) is 1. The molecule has 1 aliphatic heterocycles. The van der Waals surface area contributed by atoms with Gasteiger partial charge in [0.15, 0.2) is 0 Å². The number of aromatic nitrogens is 2. The first-order valence-electron chi connectivity index (χ1n) is 10.6. The Hall–Kier alpha value is -2.51. The molecule has 1 amide bonds.